The molecule has 0 aliphatic carbocycles. The first-order valence-corrected chi connectivity index (χ1v) is 8.74. The molecular weight excluding hydrogens is 308 g/mol. The molecule has 3 aromatic rings. The number of fused-ring (bicyclic) bond motifs is 1. The van der Waals surface area contributed by atoms with Crippen LogP contribution in [-0.4, -0.2) is 39.7 Å². The third-order valence-corrected chi connectivity index (χ3v) is 5.38. The standard InChI is InChI=1S/C17H20N4OS/c1-22-13-2-3-17-15(8-13)16(10-18-17)12-4-6-21(7-5-12)11-14-9-19-20-23-14/h2-3,8-10,12,18H,4-7,11H2,1H3. The van der Waals surface area contributed by atoms with Crippen molar-refractivity contribution in [3.05, 3.63) is 41.0 Å². The van der Waals surface area contributed by atoms with Crippen molar-refractivity contribution in [2.75, 3.05) is 20.2 Å². The minimum Gasteiger partial charge on any atom is -0.497 e. The molecule has 0 atom stereocenters. The van der Waals surface area contributed by atoms with Crippen molar-refractivity contribution in [1.29, 1.82) is 0 Å². The van der Waals surface area contributed by atoms with Crippen LogP contribution in [0, 0.1) is 0 Å². The average molecular weight is 328 g/mol. The summed E-state index contributed by atoms with van der Waals surface area (Å²) < 4.78 is 9.32. The van der Waals surface area contributed by atoms with E-state index in [-0.39, 0.29) is 0 Å². The molecule has 0 unspecified atom stereocenters. The first-order chi connectivity index (χ1) is 11.3. The van der Waals surface area contributed by atoms with E-state index in [9.17, 15) is 0 Å². The number of H-pyrrole nitrogens is 1. The molecule has 6 heteroatoms. The fraction of sp³-hybridized carbons (Fsp3) is 0.412. The van der Waals surface area contributed by atoms with E-state index in [2.05, 4.69) is 37.8 Å². The number of benzene rings is 1. The van der Waals surface area contributed by atoms with E-state index in [0.717, 1.165) is 25.4 Å². The number of methoxy groups -OCH3 is 1. The van der Waals surface area contributed by atoms with Gasteiger partial charge in [0.05, 0.1) is 18.2 Å². The quantitative estimate of drug-likeness (QED) is 0.797. The van der Waals surface area contributed by atoms with Gasteiger partial charge in [0.15, 0.2) is 0 Å². The Morgan fingerprint density at radius 1 is 1.35 bits per heavy atom. The predicted molar refractivity (Wildman–Crippen MR) is 92.0 cm³/mol. The van der Waals surface area contributed by atoms with E-state index in [1.807, 2.05) is 12.3 Å². The summed E-state index contributed by atoms with van der Waals surface area (Å²) in [4.78, 5) is 7.15. The monoisotopic (exact) mass is 328 g/mol. The molecule has 1 aliphatic heterocycles. The first kappa shape index (κ1) is 14.7. The first-order valence-electron chi connectivity index (χ1n) is 7.97. The summed E-state index contributed by atoms with van der Waals surface area (Å²) in [6, 6.07) is 6.26. The molecule has 0 amide bonds. The Morgan fingerprint density at radius 3 is 2.96 bits per heavy atom. The highest BCUT2D eigenvalue weighted by atomic mass is 32.1. The van der Waals surface area contributed by atoms with Gasteiger partial charge >= 0.3 is 0 Å². The number of nitrogens with zero attached hydrogens (tertiary/aromatic N) is 3. The van der Waals surface area contributed by atoms with Crippen LogP contribution in [0.2, 0.25) is 0 Å². The Kier molecular flexibility index (Phi) is 4.01. The topological polar surface area (TPSA) is 54.0 Å². The third kappa shape index (κ3) is 2.96. The van der Waals surface area contributed by atoms with E-state index in [1.165, 1.54) is 45.7 Å². The van der Waals surface area contributed by atoms with Gasteiger partial charge in [-0.25, -0.2) is 0 Å². The van der Waals surface area contributed by atoms with Crippen LogP contribution in [0.5, 0.6) is 5.75 Å². The summed E-state index contributed by atoms with van der Waals surface area (Å²) in [5, 5.41) is 5.22. The molecule has 0 saturated carbocycles. The smallest absolute Gasteiger partial charge is 0.119 e. The molecule has 1 saturated heterocycles. The maximum Gasteiger partial charge on any atom is 0.119 e. The Hall–Kier alpha value is -1.92. The highest BCUT2D eigenvalue weighted by Gasteiger charge is 2.23. The minimum atomic E-state index is 0.617. The van der Waals surface area contributed by atoms with Gasteiger partial charge < -0.3 is 9.72 Å². The van der Waals surface area contributed by atoms with Crippen LogP contribution < -0.4 is 4.74 Å². The van der Waals surface area contributed by atoms with Crippen molar-refractivity contribution in [2.24, 2.45) is 0 Å². The summed E-state index contributed by atoms with van der Waals surface area (Å²) in [6.07, 6.45) is 6.44. The van der Waals surface area contributed by atoms with Crippen LogP contribution in [0.25, 0.3) is 10.9 Å². The molecule has 0 spiro atoms. The molecule has 4 rings (SSSR count). The average Bonchev–Trinajstić information content (AvgIpc) is 3.24. The van der Waals surface area contributed by atoms with E-state index < -0.39 is 0 Å². The van der Waals surface area contributed by atoms with Crippen molar-refractivity contribution in [3.63, 3.8) is 0 Å². The van der Waals surface area contributed by atoms with Gasteiger partial charge in [0.1, 0.15) is 5.75 Å². The molecule has 23 heavy (non-hydrogen) atoms. The van der Waals surface area contributed by atoms with Crippen LogP contribution in [0.15, 0.2) is 30.6 Å². The molecule has 1 N–H and O–H groups in total. The van der Waals surface area contributed by atoms with E-state index in [1.54, 1.807) is 7.11 Å². The SMILES string of the molecule is COc1ccc2[nH]cc(C3CCN(Cc4cnns4)CC3)c2c1. The van der Waals surface area contributed by atoms with Gasteiger partial charge in [-0.1, -0.05) is 4.49 Å². The van der Waals surface area contributed by atoms with Gasteiger partial charge in [0, 0.05) is 23.6 Å². The van der Waals surface area contributed by atoms with E-state index >= 15 is 0 Å². The van der Waals surface area contributed by atoms with Crippen molar-refractivity contribution in [3.8, 4) is 5.75 Å². The van der Waals surface area contributed by atoms with Crippen molar-refractivity contribution in [2.45, 2.75) is 25.3 Å². The molecule has 120 valence electrons. The lowest BCUT2D eigenvalue weighted by molar-refractivity contribution is 0.206. The third-order valence-electron chi connectivity index (χ3n) is 4.73. The molecule has 5 nitrogen and oxygen atoms in total. The summed E-state index contributed by atoms with van der Waals surface area (Å²) in [7, 11) is 1.72. The second-order valence-corrected chi connectivity index (χ2v) is 6.96. The Morgan fingerprint density at radius 2 is 2.22 bits per heavy atom. The number of likely N-dealkylation sites (tertiary alicyclic amines) is 1. The zero-order valence-corrected chi connectivity index (χ0v) is 14.0. The summed E-state index contributed by atoms with van der Waals surface area (Å²) in [5.74, 6) is 1.54. The number of nitrogens with one attached hydrogen (secondary N) is 1. The lowest BCUT2D eigenvalue weighted by atomic mass is 9.89. The van der Waals surface area contributed by atoms with Gasteiger partial charge in [0.25, 0.3) is 0 Å². The number of ether oxygens (including phenoxy) is 1. The Balaban J connectivity index is 1.47. The van der Waals surface area contributed by atoms with Crippen LogP contribution in [-0.2, 0) is 6.54 Å². The summed E-state index contributed by atoms with van der Waals surface area (Å²) >= 11 is 1.50. The van der Waals surface area contributed by atoms with Gasteiger partial charge in [-0.15, -0.1) is 5.10 Å². The molecule has 2 aromatic heterocycles. The summed E-state index contributed by atoms with van der Waals surface area (Å²) in [5.41, 5.74) is 2.62. The van der Waals surface area contributed by atoms with Gasteiger partial charge in [0.2, 0.25) is 0 Å². The maximum atomic E-state index is 5.38. The normalized spacial score (nSPS) is 16.9. The van der Waals surface area contributed by atoms with Gasteiger partial charge in [-0.2, -0.15) is 0 Å². The van der Waals surface area contributed by atoms with Crippen molar-refractivity contribution < 1.29 is 4.74 Å². The van der Waals surface area contributed by atoms with E-state index in [4.69, 9.17) is 4.74 Å². The molecule has 3 heterocycles. The second kappa shape index (κ2) is 6.29. The van der Waals surface area contributed by atoms with Crippen LogP contribution in [0.4, 0.5) is 0 Å². The predicted octanol–water partition coefficient (Wildman–Crippen LogP) is 3.41. The molecular formula is C17H20N4OS. The maximum absolute atomic E-state index is 5.38. The molecule has 1 aliphatic rings. The number of hydrogen-bond donors (Lipinski definition) is 1. The number of piperidine rings is 1. The molecule has 1 aromatic carbocycles. The van der Waals surface area contributed by atoms with E-state index in [0.29, 0.717) is 5.92 Å². The molecule has 1 fully saturated rings. The largest absolute Gasteiger partial charge is 0.497 e. The van der Waals surface area contributed by atoms with Crippen molar-refractivity contribution >= 4 is 22.4 Å². The zero-order valence-electron chi connectivity index (χ0n) is 13.2. The fourth-order valence-corrected chi connectivity index (χ4v) is 4.00. The van der Waals surface area contributed by atoms with Crippen LogP contribution in [0.1, 0.15) is 29.2 Å². The number of rotatable bonds is 4. The fourth-order valence-electron chi connectivity index (χ4n) is 3.47. The lowest BCUT2D eigenvalue weighted by Crippen LogP contribution is -2.32. The summed E-state index contributed by atoms with van der Waals surface area (Å²) in [6.45, 7) is 3.23. The van der Waals surface area contributed by atoms with Crippen LogP contribution in [0.3, 0.4) is 0 Å². The van der Waals surface area contributed by atoms with Gasteiger partial charge in [-0.05, 0) is 67.1 Å². The number of aromatic nitrogens is 3. The molecule has 0 radical (unpaired) electrons. The highest BCUT2D eigenvalue weighted by Crippen LogP contribution is 2.35. The highest BCUT2D eigenvalue weighted by molar-refractivity contribution is 7.05. The second-order valence-electron chi connectivity index (χ2n) is 6.09. The molecule has 0 bridgehead atoms. The Bertz CT molecular complexity index is 775. The Labute approximate surface area is 139 Å². The lowest BCUT2D eigenvalue weighted by Gasteiger charge is -2.31. The number of aromatic amines is 1. The number of hydrogen-bond acceptors (Lipinski definition) is 5. The zero-order chi connectivity index (χ0) is 15.6. The minimum absolute atomic E-state index is 0.617. The van der Waals surface area contributed by atoms with Gasteiger partial charge in [-0.3, -0.25) is 4.90 Å². The van der Waals surface area contributed by atoms with Crippen molar-refractivity contribution in [1.82, 2.24) is 19.5 Å². The van der Waals surface area contributed by atoms with Crippen LogP contribution >= 0.6 is 11.5 Å².